The van der Waals surface area contributed by atoms with Crippen molar-refractivity contribution in [3.05, 3.63) is 11.8 Å². The van der Waals surface area contributed by atoms with Crippen LogP contribution in [-0.2, 0) is 9.59 Å². The molecule has 0 atom stereocenters. The van der Waals surface area contributed by atoms with Crippen LogP contribution in [0.2, 0.25) is 0 Å². The molecule has 7 nitrogen and oxygen atoms in total. The van der Waals surface area contributed by atoms with Gasteiger partial charge in [-0.3, -0.25) is 9.59 Å². The summed E-state index contributed by atoms with van der Waals surface area (Å²) >= 11 is 0. The topological polar surface area (TPSA) is 122 Å². The SMILES string of the molecule is CC(C)(CO)N/C=C(/C#N)C(=O)NCC(=O)O. The minimum Gasteiger partial charge on any atom is -0.480 e. The van der Waals surface area contributed by atoms with Gasteiger partial charge >= 0.3 is 5.97 Å². The maximum absolute atomic E-state index is 11.3. The van der Waals surface area contributed by atoms with Crippen LogP contribution in [-0.4, -0.2) is 40.8 Å². The summed E-state index contributed by atoms with van der Waals surface area (Å²) in [6, 6.07) is 1.63. The summed E-state index contributed by atoms with van der Waals surface area (Å²) in [5.74, 6) is -1.98. The van der Waals surface area contributed by atoms with E-state index in [-0.39, 0.29) is 12.2 Å². The fourth-order valence-electron chi connectivity index (χ4n) is 0.713. The number of aliphatic hydroxyl groups is 1. The van der Waals surface area contributed by atoms with Crippen LogP contribution in [0.15, 0.2) is 11.8 Å². The summed E-state index contributed by atoms with van der Waals surface area (Å²) in [7, 11) is 0. The third-order valence-corrected chi connectivity index (χ3v) is 1.77. The van der Waals surface area contributed by atoms with Gasteiger partial charge < -0.3 is 20.8 Å². The summed E-state index contributed by atoms with van der Waals surface area (Å²) in [5.41, 5.74) is -0.928. The molecule has 0 spiro atoms. The first-order chi connectivity index (χ1) is 7.82. The third-order valence-electron chi connectivity index (χ3n) is 1.77. The van der Waals surface area contributed by atoms with Gasteiger partial charge in [0.2, 0.25) is 0 Å². The lowest BCUT2D eigenvalue weighted by Gasteiger charge is -2.22. The molecule has 0 bridgehead atoms. The van der Waals surface area contributed by atoms with Gasteiger partial charge in [0.15, 0.2) is 0 Å². The second-order valence-corrected chi connectivity index (χ2v) is 3.93. The van der Waals surface area contributed by atoms with Crippen molar-refractivity contribution in [3.63, 3.8) is 0 Å². The predicted molar refractivity (Wildman–Crippen MR) is 58.6 cm³/mol. The highest BCUT2D eigenvalue weighted by Gasteiger charge is 2.16. The fourth-order valence-corrected chi connectivity index (χ4v) is 0.713. The van der Waals surface area contributed by atoms with Crippen LogP contribution in [0.4, 0.5) is 0 Å². The molecule has 0 saturated carbocycles. The molecule has 4 N–H and O–H groups in total. The number of nitriles is 1. The van der Waals surface area contributed by atoms with E-state index in [1.807, 2.05) is 0 Å². The molecule has 0 aromatic rings. The van der Waals surface area contributed by atoms with Gasteiger partial charge in [0, 0.05) is 6.20 Å². The van der Waals surface area contributed by atoms with Gasteiger partial charge in [0.1, 0.15) is 18.2 Å². The Balaban J connectivity index is 4.52. The Morgan fingerprint density at radius 2 is 2.06 bits per heavy atom. The Kier molecular flexibility index (Phi) is 5.71. The highest BCUT2D eigenvalue weighted by molar-refractivity contribution is 5.98. The Hall–Kier alpha value is -2.07. The molecule has 0 fully saturated rings. The molecule has 0 saturated heterocycles. The van der Waals surface area contributed by atoms with Crippen LogP contribution < -0.4 is 10.6 Å². The van der Waals surface area contributed by atoms with E-state index in [4.69, 9.17) is 15.5 Å². The van der Waals surface area contributed by atoms with Crippen molar-refractivity contribution in [1.29, 1.82) is 5.26 Å². The second-order valence-electron chi connectivity index (χ2n) is 3.93. The molecule has 0 aromatic heterocycles. The van der Waals surface area contributed by atoms with Crippen LogP contribution in [0.3, 0.4) is 0 Å². The molecule has 0 rings (SSSR count). The molecule has 0 aliphatic rings. The Bertz CT molecular complexity index is 368. The number of rotatable bonds is 6. The minimum atomic E-state index is -1.20. The minimum absolute atomic E-state index is 0.182. The summed E-state index contributed by atoms with van der Waals surface area (Å²) in [6.07, 6.45) is 1.15. The number of aliphatic hydroxyl groups excluding tert-OH is 1. The zero-order valence-electron chi connectivity index (χ0n) is 9.65. The number of carboxylic acid groups (broad SMARTS) is 1. The van der Waals surface area contributed by atoms with Gasteiger partial charge in [-0.1, -0.05) is 0 Å². The third kappa shape index (κ3) is 6.17. The van der Waals surface area contributed by atoms with Crippen LogP contribution >= 0.6 is 0 Å². The maximum atomic E-state index is 11.3. The van der Waals surface area contributed by atoms with Crippen LogP contribution in [0.5, 0.6) is 0 Å². The molecule has 7 heteroatoms. The lowest BCUT2D eigenvalue weighted by molar-refractivity contribution is -0.137. The zero-order valence-corrected chi connectivity index (χ0v) is 9.65. The highest BCUT2D eigenvalue weighted by atomic mass is 16.4. The van der Waals surface area contributed by atoms with Crippen molar-refractivity contribution in [2.24, 2.45) is 0 Å². The second kappa shape index (κ2) is 6.50. The van der Waals surface area contributed by atoms with E-state index >= 15 is 0 Å². The summed E-state index contributed by atoms with van der Waals surface area (Å²) in [5, 5.41) is 30.7. The van der Waals surface area contributed by atoms with Gasteiger partial charge in [-0.25, -0.2) is 0 Å². The van der Waals surface area contributed by atoms with Crippen LogP contribution in [0.1, 0.15) is 13.8 Å². The molecular weight excluding hydrogens is 226 g/mol. The van der Waals surface area contributed by atoms with E-state index in [0.29, 0.717) is 0 Å². The molecule has 0 heterocycles. The normalized spacial score (nSPS) is 11.5. The van der Waals surface area contributed by atoms with E-state index < -0.39 is 24.0 Å². The highest BCUT2D eigenvalue weighted by Crippen LogP contribution is 2.01. The summed E-state index contributed by atoms with van der Waals surface area (Å²) in [6.45, 7) is 2.61. The first-order valence-electron chi connectivity index (χ1n) is 4.81. The van der Waals surface area contributed by atoms with Crippen molar-refractivity contribution >= 4 is 11.9 Å². The van der Waals surface area contributed by atoms with Crippen molar-refractivity contribution in [1.82, 2.24) is 10.6 Å². The number of nitrogens with one attached hydrogen (secondary N) is 2. The van der Waals surface area contributed by atoms with E-state index in [9.17, 15) is 9.59 Å². The number of nitrogens with zero attached hydrogens (tertiary/aromatic N) is 1. The van der Waals surface area contributed by atoms with Gasteiger partial charge in [-0.05, 0) is 13.8 Å². The number of carboxylic acids is 1. The lowest BCUT2D eigenvalue weighted by Crippen LogP contribution is -2.40. The van der Waals surface area contributed by atoms with E-state index in [0.717, 1.165) is 6.20 Å². The zero-order chi connectivity index (χ0) is 13.5. The van der Waals surface area contributed by atoms with Gasteiger partial charge in [-0.2, -0.15) is 5.26 Å². The van der Waals surface area contributed by atoms with Crippen molar-refractivity contribution in [3.8, 4) is 6.07 Å². The fraction of sp³-hybridized carbons (Fsp3) is 0.500. The molecule has 0 unspecified atom stereocenters. The van der Waals surface area contributed by atoms with Crippen molar-refractivity contribution in [2.75, 3.05) is 13.2 Å². The largest absolute Gasteiger partial charge is 0.480 e. The standard InChI is InChI=1S/C10H15N3O4/c1-10(2,6-14)13-4-7(3-11)9(17)12-5-8(15)16/h4,13-14H,5-6H2,1-2H3,(H,12,17)(H,15,16)/b7-4-. The first kappa shape index (κ1) is 14.9. The van der Waals surface area contributed by atoms with Crippen molar-refractivity contribution < 1.29 is 19.8 Å². The molecule has 94 valence electrons. The Morgan fingerprint density at radius 3 is 2.47 bits per heavy atom. The summed E-state index contributed by atoms with van der Waals surface area (Å²) < 4.78 is 0. The molecule has 0 radical (unpaired) electrons. The van der Waals surface area contributed by atoms with Crippen LogP contribution in [0.25, 0.3) is 0 Å². The number of hydrogen-bond donors (Lipinski definition) is 4. The Morgan fingerprint density at radius 1 is 1.47 bits per heavy atom. The molecule has 0 aromatic carbocycles. The monoisotopic (exact) mass is 241 g/mol. The number of hydrogen-bond acceptors (Lipinski definition) is 5. The van der Waals surface area contributed by atoms with E-state index in [1.54, 1.807) is 19.9 Å². The average molecular weight is 241 g/mol. The average Bonchev–Trinajstić information content (AvgIpc) is 2.27. The van der Waals surface area contributed by atoms with Crippen LogP contribution in [0, 0.1) is 11.3 Å². The van der Waals surface area contributed by atoms with Crippen molar-refractivity contribution in [2.45, 2.75) is 19.4 Å². The number of amides is 1. The van der Waals surface area contributed by atoms with Gasteiger partial charge in [0.05, 0.1) is 12.1 Å². The maximum Gasteiger partial charge on any atom is 0.322 e. The predicted octanol–water partition coefficient (Wildman–Crippen LogP) is -1.04. The Labute approximate surface area is 98.7 Å². The molecular formula is C10H15N3O4. The van der Waals surface area contributed by atoms with E-state index in [1.165, 1.54) is 0 Å². The molecule has 0 aliphatic heterocycles. The lowest BCUT2D eigenvalue weighted by atomic mass is 10.1. The number of carbonyl (C=O) groups excluding carboxylic acids is 1. The smallest absolute Gasteiger partial charge is 0.322 e. The van der Waals surface area contributed by atoms with Gasteiger partial charge in [-0.15, -0.1) is 0 Å². The number of carbonyl (C=O) groups is 2. The molecule has 1 amide bonds. The summed E-state index contributed by atoms with van der Waals surface area (Å²) in [4.78, 5) is 21.5. The molecule has 0 aliphatic carbocycles. The quantitative estimate of drug-likeness (QED) is 0.348. The van der Waals surface area contributed by atoms with Gasteiger partial charge in [0.25, 0.3) is 5.91 Å². The first-order valence-corrected chi connectivity index (χ1v) is 4.81. The molecule has 17 heavy (non-hydrogen) atoms. The number of aliphatic carboxylic acids is 1. The van der Waals surface area contributed by atoms with E-state index in [2.05, 4.69) is 10.6 Å².